The summed E-state index contributed by atoms with van der Waals surface area (Å²) in [5.41, 5.74) is 3.22. The molecule has 3 aromatic rings. The van der Waals surface area contributed by atoms with Gasteiger partial charge >= 0.3 is 6.03 Å². The van der Waals surface area contributed by atoms with Gasteiger partial charge in [0.1, 0.15) is 0 Å². The van der Waals surface area contributed by atoms with Crippen molar-refractivity contribution in [2.24, 2.45) is 0 Å². The van der Waals surface area contributed by atoms with Crippen LogP contribution in [0.2, 0.25) is 5.02 Å². The van der Waals surface area contributed by atoms with E-state index in [0.717, 1.165) is 36.0 Å². The van der Waals surface area contributed by atoms with Gasteiger partial charge in [0.05, 0.1) is 17.4 Å². The normalized spacial score (nSPS) is 10.8. The predicted octanol–water partition coefficient (Wildman–Crippen LogP) is 3.62. The van der Waals surface area contributed by atoms with Gasteiger partial charge in [0.15, 0.2) is 0 Å². The molecule has 0 unspecified atom stereocenters. The van der Waals surface area contributed by atoms with Crippen LogP contribution < -0.4 is 10.6 Å². The number of benzene rings is 2. The van der Waals surface area contributed by atoms with E-state index in [9.17, 15) is 4.79 Å². The van der Waals surface area contributed by atoms with Crippen LogP contribution >= 0.6 is 11.6 Å². The Kier molecular flexibility index (Phi) is 5.90. The van der Waals surface area contributed by atoms with Gasteiger partial charge in [-0.25, -0.2) is 9.78 Å². The Labute approximate surface area is 152 Å². The maximum Gasteiger partial charge on any atom is 0.314 e. The van der Waals surface area contributed by atoms with Crippen molar-refractivity contribution >= 4 is 28.7 Å². The topological polar surface area (TPSA) is 59.0 Å². The summed E-state index contributed by atoms with van der Waals surface area (Å²) in [6.07, 6.45) is 3.45. The first-order chi connectivity index (χ1) is 12.2. The van der Waals surface area contributed by atoms with E-state index in [2.05, 4.69) is 26.3 Å². The van der Waals surface area contributed by atoms with Gasteiger partial charge in [0.2, 0.25) is 0 Å². The van der Waals surface area contributed by atoms with Gasteiger partial charge in [-0.05, 0) is 42.7 Å². The summed E-state index contributed by atoms with van der Waals surface area (Å²) in [4.78, 5) is 16.2. The quantitative estimate of drug-likeness (QED) is 0.635. The summed E-state index contributed by atoms with van der Waals surface area (Å²) in [5.74, 6) is 0. The fourth-order valence-corrected chi connectivity index (χ4v) is 2.93. The lowest BCUT2D eigenvalue weighted by atomic mass is 10.1. The minimum Gasteiger partial charge on any atom is -0.338 e. The first-order valence-electron chi connectivity index (χ1n) is 8.38. The Hall–Kier alpha value is -2.53. The van der Waals surface area contributed by atoms with Gasteiger partial charge in [0.25, 0.3) is 0 Å². The molecule has 0 fully saturated rings. The molecule has 0 saturated heterocycles. The van der Waals surface area contributed by atoms with Gasteiger partial charge in [-0.15, -0.1) is 0 Å². The van der Waals surface area contributed by atoms with E-state index >= 15 is 0 Å². The molecule has 5 nitrogen and oxygen atoms in total. The summed E-state index contributed by atoms with van der Waals surface area (Å²) in [7, 11) is 0. The molecule has 25 heavy (non-hydrogen) atoms. The van der Waals surface area contributed by atoms with Crippen LogP contribution in [0, 0.1) is 0 Å². The minimum absolute atomic E-state index is 0.141. The number of rotatable bonds is 7. The number of nitrogens with one attached hydrogen (secondary N) is 2. The molecule has 0 bridgehead atoms. The van der Waals surface area contributed by atoms with Crippen LogP contribution in [0.15, 0.2) is 54.9 Å². The van der Waals surface area contributed by atoms with E-state index in [4.69, 9.17) is 11.6 Å². The number of nitrogens with zero attached hydrogens (tertiary/aromatic N) is 2. The predicted molar refractivity (Wildman–Crippen MR) is 101 cm³/mol. The number of urea groups is 1. The minimum atomic E-state index is -0.141. The zero-order valence-electron chi connectivity index (χ0n) is 13.9. The number of fused-ring (bicyclic) bond motifs is 1. The van der Waals surface area contributed by atoms with Crippen molar-refractivity contribution in [1.82, 2.24) is 20.2 Å². The third-order valence-electron chi connectivity index (χ3n) is 3.98. The maximum absolute atomic E-state index is 11.8. The summed E-state index contributed by atoms with van der Waals surface area (Å²) < 4.78 is 2.11. The Balaban J connectivity index is 1.34. The molecule has 0 radical (unpaired) electrons. The van der Waals surface area contributed by atoms with E-state index in [1.807, 2.05) is 48.8 Å². The monoisotopic (exact) mass is 356 g/mol. The number of aromatic nitrogens is 2. The lowest BCUT2D eigenvalue weighted by Gasteiger charge is -2.08. The number of hydrogen-bond donors (Lipinski definition) is 2. The molecule has 130 valence electrons. The van der Waals surface area contributed by atoms with E-state index < -0.39 is 0 Å². The summed E-state index contributed by atoms with van der Waals surface area (Å²) in [6, 6.07) is 15.6. The highest BCUT2D eigenvalue weighted by atomic mass is 35.5. The zero-order valence-corrected chi connectivity index (χ0v) is 14.7. The van der Waals surface area contributed by atoms with E-state index in [-0.39, 0.29) is 6.03 Å². The molecular formula is C19H21ClN4O. The Morgan fingerprint density at radius 2 is 1.92 bits per heavy atom. The van der Waals surface area contributed by atoms with Crippen LogP contribution in [0.5, 0.6) is 0 Å². The van der Waals surface area contributed by atoms with Crippen molar-refractivity contribution in [2.75, 3.05) is 13.1 Å². The molecule has 2 aromatic carbocycles. The smallest absolute Gasteiger partial charge is 0.314 e. The van der Waals surface area contributed by atoms with Crippen molar-refractivity contribution in [1.29, 1.82) is 0 Å². The molecule has 0 atom stereocenters. The van der Waals surface area contributed by atoms with Crippen LogP contribution in [-0.4, -0.2) is 28.7 Å². The van der Waals surface area contributed by atoms with Crippen LogP contribution in [-0.2, 0) is 13.0 Å². The Morgan fingerprint density at radius 3 is 2.80 bits per heavy atom. The summed E-state index contributed by atoms with van der Waals surface area (Å²) in [6.45, 7) is 2.02. The van der Waals surface area contributed by atoms with Gasteiger partial charge < -0.3 is 15.2 Å². The Morgan fingerprint density at radius 1 is 1.08 bits per heavy atom. The van der Waals surface area contributed by atoms with Crippen molar-refractivity contribution in [3.05, 3.63) is 65.4 Å². The summed E-state index contributed by atoms with van der Waals surface area (Å²) >= 11 is 5.94. The third-order valence-corrected chi connectivity index (χ3v) is 4.21. The largest absolute Gasteiger partial charge is 0.338 e. The molecule has 3 rings (SSSR count). The first kappa shape index (κ1) is 17.3. The number of carbonyl (C=O) groups is 1. The van der Waals surface area contributed by atoms with E-state index in [1.165, 1.54) is 0 Å². The molecule has 1 heterocycles. The number of carbonyl (C=O) groups excluding carboxylic acids is 1. The number of hydrogen-bond acceptors (Lipinski definition) is 2. The number of amides is 2. The van der Waals surface area contributed by atoms with Crippen LogP contribution in [0.1, 0.15) is 12.0 Å². The molecule has 2 N–H and O–H groups in total. The Bertz CT molecular complexity index is 846. The van der Waals surface area contributed by atoms with Crippen molar-refractivity contribution in [2.45, 2.75) is 19.4 Å². The molecule has 0 aliphatic carbocycles. The van der Waals surface area contributed by atoms with E-state index in [0.29, 0.717) is 18.1 Å². The van der Waals surface area contributed by atoms with Crippen LogP contribution in [0.25, 0.3) is 11.0 Å². The standard InChI is InChI=1S/C19H21ClN4O/c20-16-6-3-5-15(13-16)9-11-22-19(25)21-10-4-12-24-14-23-17-7-1-2-8-18(17)24/h1-3,5-8,13-14H,4,9-12H2,(H2,21,22,25). The van der Waals surface area contributed by atoms with Crippen molar-refractivity contribution in [3.63, 3.8) is 0 Å². The molecule has 0 aliphatic rings. The number of aryl methyl sites for hydroxylation is 1. The average molecular weight is 357 g/mol. The summed E-state index contributed by atoms with van der Waals surface area (Å²) in [5, 5.41) is 6.46. The molecular weight excluding hydrogens is 336 g/mol. The highest BCUT2D eigenvalue weighted by molar-refractivity contribution is 6.30. The van der Waals surface area contributed by atoms with Gasteiger partial charge in [-0.2, -0.15) is 0 Å². The van der Waals surface area contributed by atoms with Crippen LogP contribution in [0.4, 0.5) is 4.79 Å². The number of halogens is 1. The second-order valence-electron chi connectivity index (χ2n) is 5.84. The van der Waals surface area contributed by atoms with Crippen molar-refractivity contribution < 1.29 is 4.79 Å². The van der Waals surface area contributed by atoms with Crippen LogP contribution in [0.3, 0.4) is 0 Å². The van der Waals surface area contributed by atoms with Gasteiger partial charge in [-0.3, -0.25) is 0 Å². The molecule has 0 spiro atoms. The average Bonchev–Trinajstić information content (AvgIpc) is 3.02. The highest BCUT2D eigenvalue weighted by Gasteiger charge is 2.02. The molecule has 1 aromatic heterocycles. The number of para-hydroxylation sites is 2. The SMILES string of the molecule is O=C(NCCCn1cnc2ccccc21)NCCc1cccc(Cl)c1. The molecule has 0 saturated carbocycles. The lowest BCUT2D eigenvalue weighted by molar-refractivity contribution is 0.240. The molecule has 2 amide bonds. The second-order valence-corrected chi connectivity index (χ2v) is 6.28. The van der Waals surface area contributed by atoms with E-state index in [1.54, 1.807) is 0 Å². The third kappa shape index (κ3) is 4.97. The lowest BCUT2D eigenvalue weighted by Crippen LogP contribution is -2.37. The van der Waals surface area contributed by atoms with Crippen molar-refractivity contribution in [3.8, 4) is 0 Å². The van der Waals surface area contributed by atoms with Gasteiger partial charge in [-0.1, -0.05) is 35.9 Å². The highest BCUT2D eigenvalue weighted by Crippen LogP contribution is 2.12. The molecule has 0 aliphatic heterocycles. The maximum atomic E-state index is 11.8. The fraction of sp³-hybridized carbons (Fsp3) is 0.263. The first-order valence-corrected chi connectivity index (χ1v) is 8.76. The van der Waals surface area contributed by atoms with Gasteiger partial charge in [0, 0.05) is 24.7 Å². The zero-order chi connectivity index (χ0) is 17.5. The second kappa shape index (κ2) is 8.53. The number of imidazole rings is 1. The molecule has 6 heteroatoms. The fourth-order valence-electron chi connectivity index (χ4n) is 2.72.